The molecule has 1 aromatic rings. The van der Waals surface area contributed by atoms with Crippen molar-refractivity contribution in [3.63, 3.8) is 0 Å². The average molecular weight is 232 g/mol. The first-order valence-electron chi connectivity index (χ1n) is 6.09. The fourth-order valence-electron chi connectivity index (χ4n) is 2.19. The largest absolute Gasteiger partial charge is 0.383 e. The van der Waals surface area contributed by atoms with Gasteiger partial charge < -0.3 is 10.5 Å². The first kappa shape index (κ1) is 12.1. The second-order valence-electron chi connectivity index (χ2n) is 5.14. The number of ether oxygens (including phenoxy) is 1. The van der Waals surface area contributed by atoms with Crippen molar-refractivity contribution in [2.24, 2.45) is 10.7 Å². The minimum Gasteiger partial charge on any atom is -0.383 e. The van der Waals surface area contributed by atoms with E-state index in [0.717, 1.165) is 25.0 Å². The summed E-state index contributed by atoms with van der Waals surface area (Å²) in [7, 11) is 0. The van der Waals surface area contributed by atoms with Crippen LogP contribution >= 0.6 is 0 Å². The Labute approximate surface area is 103 Å². The van der Waals surface area contributed by atoms with Crippen molar-refractivity contribution in [1.82, 2.24) is 0 Å². The molecular formula is C14H20N2O. The van der Waals surface area contributed by atoms with E-state index in [-0.39, 0.29) is 11.6 Å². The van der Waals surface area contributed by atoms with Gasteiger partial charge in [0.15, 0.2) is 0 Å². The summed E-state index contributed by atoms with van der Waals surface area (Å²) in [5, 5.41) is 0. The minimum atomic E-state index is -0.0800. The lowest BCUT2D eigenvalue weighted by atomic mass is 9.94. The SMILES string of the molecule is CC1(C)CC(N=C(N)c2ccccc2)CCO1. The molecule has 0 aromatic heterocycles. The fourth-order valence-corrected chi connectivity index (χ4v) is 2.19. The summed E-state index contributed by atoms with van der Waals surface area (Å²) in [5.41, 5.74) is 6.94. The molecule has 0 amide bonds. The molecule has 1 aliphatic rings. The van der Waals surface area contributed by atoms with Gasteiger partial charge in [-0.3, -0.25) is 4.99 Å². The number of hydrogen-bond donors (Lipinski definition) is 1. The minimum absolute atomic E-state index is 0.0800. The maximum atomic E-state index is 6.02. The standard InChI is InChI=1S/C14H20N2O/c1-14(2)10-12(8-9-17-14)16-13(15)11-6-4-3-5-7-11/h3-7,12H,8-10H2,1-2H3,(H2,15,16). The molecular weight excluding hydrogens is 212 g/mol. The molecule has 2 N–H and O–H groups in total. The highest BCUT2D eigenvalue weighted by Gasteiger charge is 2.28. The van der Waals surface area contributed by atoms with Crippen molar-refractivity contribution in [3.8, 4) is 0 Å². The zero-order chi connectivity index (χ0) is 12.3. The quantitative estimate of drug-likeness (QED) is 0.628. The van der Waals surface area contributed by atoms with Gasteiger partial charge >= 0.3 is 0 Å². The van der Waals surface area contributed by atoms with Crippen LogP contribution in [0.1, 0.15) is 32.3 Å². The van der Waals surface area contributed by atoms with Crippen molar-refractivity contribution in [2.45, 2.75) is 38.3 Å². The number of nitrogens with zero attached hydrogens (tertiary/aromatic N) is 1. The lowest BCUT2D eigenvalue weighted by Crippen LogP contribution is -2.36. The van der Waals surface area contributed by atoms with E-state index in [1.807, 2.05) is 30.3 Å². The summed E-state index contributed by atoms with van der Waals surface area (Å²) < 4.78 is 5.67. The first-order chi connectivity index (χ1) is 8.07. The smallest absolute Gasteiger partial charge is 0.125 e. The van der Waals surface area contributed by atoms with Gasteiger partial charge in [-0.25, -0.2) is 0 Å². The molecule has 3 heteroatoms. The Hall–Kier alpha value is -1.35. The van der Waals surface area contributed by atoms with Gasteiger partial charge in [0.1, 0.15) is 5.84 Å². The van der Waals surface area contributed by atoms with Gasteiger partial charge in [-0.15, -0.1) is 0 Å². The molecule has 3 nitrogen and oxygen atoms in total. The van der Waals surface area contributed by atoms with Gasteiger partial charge in [0.05, 0.1) is 11.6 Å². The van der Waals surface area contributed by atoms with Gasteiger partial charge in [0.25, 0.3) is 0 Å². The molecule has 1 aliphatic heterocycles. The molecule has 2 rings (SSSR count). The van der Waals surface area contributed by atoms with E-state index in [2.05, 4.69) is 18.8 Å². The highest BCUT2D eigenvalue weighted by atomic mass is 16.5. The molecule has 0 bridgehead atoms. The van der Waals surface area contributed by atoms with Gasteiger partial charge in [-0.1, -0.05) is 30.3 Å². The summed E-state index contributed by atoms with van der Waals surface area (Å²) >= 11 is 0. The van der Waals surface area contributed by atoms with Crippen molar-refractivity contribution in [3.05, 3.63) is 35.9 Å². The predicted octanol–water partition coefficient (Wildman–Crippen LogP) is 2.35. The molecule has 0 saturated carbocycles. The Balaban J connectivity index is 2.09. The van der Waals surface area contributed by atoms with Crippen molar-refractivity contribution in [2.75, 3.05) is 6.61 Å². The molecule has 92 valence electrons. The van der Waals surface area contributed by atoms with Crippen LogP contribution in [0.25, 0.3) is 0 Å². The third kappa shape index (κ3) is 3.30. The van der Waals surface area contributed by atoms with Crippen LogP contribution < -0.4 is 5.73 Å². The Morgan fingerprint density at radius 2 is 2.06 bits per heavy atom. The van der Waals surface area contributed by atoms with E-state index in [4.69, 9.17) is 10.5 Å². The first-order valence-corrected chi connectivity index (χ1v) is 6.09. The normalized spacial score (nSPS) is 24.6. The number of benzene rings is 1. The Kier molecular flexibility index (Phi) is 3.48. The zero-order valence-electron chi connectivity index (χ0n) is 10.5. The number of hydrogen-bond acceptors (Lipinski definition) is 2. The molecule has 0 aliphatic carbocycles. The molecule has 1 atom stereocenters. The highest BCUT2D eigenvalue weighted by molar-refractivity contribution is 5.97. The molecule has 0 spiro atoms. The zero-order valence-corrected chi connectivity index (χ0v) is 10.5. The lowest BCUT2D eigenvalue weighted by Gasteiger charge is -2.33. The van der Waals surface area contributed by atoms with Crippen molar-refractivity contribution < 1.29 is 4.74 Å². The topological polar surface area (TPSA) is 47.6 Å². The van der Waals surface area contributed by atoms with Crippen molar-refractivity contribution in [1.29, 1.82) is 0 Å². The summed E-state index contributed by atoms with van der Waals surface area (Å²) in [6.07, 6.45) is 1.89. The van der Waals surface area contributed by atoms with Gasteiger partial charge in [-0.05, 0) is 26.7 Å². The Bertz CT molecular complexity index is 398. The van der Waals surface area contributed by atoms with E-state index in [1.54, 1.807) is 0 Å². The number of amidine groups is 1. The van der Waals surface area contributed by atoms with E-state index >= 15 is 0 Å². The average Bonchev–Trinajstić information content (AvgIpc) is 2.29. The Morgan fingerprint density at radius 3 is 2.71 bits per heavy atom. The molecule has 1 unspecified atom stereocenters. The van der Waals surface area contributed by atoms with E-state index in [1.165, 1.54) is 0 Å². The molecule has 17 heavy (non-hydrogen) atoms. The second kappa shape index (κ2) is 4.88. The second-order valence-corrected chi connectivity index (χ2v) is 5.14. The van der Waals surface area contributed by atoms with Crippen LogP contribution in [0.4, 0.5) is 0 Å². The van der Waals surface area contributed by atoms with Gasteiger partial charge in [-0.2, -0.15) is 0 Å². The number of aliphatic imine (C=N–C) groups is 1. The van der Waals surface area contributed by atoms with Crippen LogP contribution in [0.5, 0.6) is 0 Å². The van der Waals surface area contributed by atoms with Crippen LogP contribution in [0, 0.1) is 0 Å². The highest BCUT2D eigenvalue weighted by Crippen LogP contribution is 2.26. The van der Waals surface area contributed by atoms with Crippen LogP contribution in [0.15, 0.2) is 35.3 Å². The molecule has 1 aromatic carbocycles. The summed E-state index contributed by atoms with van der Waals surface area (Å²) in [4.78, 5) is 4.62. The number of rotatable bonds is 2. The van der Waals surface area contributed by atoms with Crippen LogP contribution in [-0.4, -0.2) is 24.1 Å². The maximum absolute atomic E-state index is 6.02. The van der Waals surface area contributed by atoms with Crippen LogP contribution in [0.3, 0.4) is 0 Å². The van der Waals surface area contributed by atoms with E-state index in [0.29, 0.717) is 5.84 Å². The molecule has 0 radical (unpaired) electrons. The third-order valence-electron chi connectivity index (χ3n) is 3.06. The maximum Gasteiger partial charge on any atom is 0.125 e. The number of nitrogens with two attached hydrogens (primary N) is 1. The summed E-state index contributed by atoms with van der Waals surface area (Å²) in [6.45, 7) is 4.98. The monoisotopic (exact) mass is 232 g/mol. The van der Waals surface area contributed by atoms with Crippen molar-refractivity contribution >= 4 is 5.84 Å². The van der Waals surface area contributed by atoms with Gasteiger partial charge in [0, 0.05) is 12.2 Å². The molecule has 1 fully saturated rings. The summed E-state index contributed by atoms with van der Waals surface area (Å²) in [5.74, 6) is 0.633. The third-order valence-corrected chi connectivity index (χ3v) is 3.06. The van der Waals surface area contributed by atoms with Crippen LogP contribution in [-0.2, 0) is 4.74 Å². The Morgan fingerprint density at radius 1 is 1.35 bits per heavy atom. The lowest BCUT2D eigenvalue weighted by molar-refractivity contribution is -0.0575. The molecule has 1 heterocycles. The van der Waals surface area contributed by atoms with E-state index in [9.17, 15) is 0 Å². The summed E-state index contributed by atoms with van der Waals surface area (Å²) in [6, 6.07) is 10.2. The van der Waals surface area contributed by atoms with E-state index < -0.39 is 0 Å². The fraction of sp³-hybridized carbons (Fsp3) is 0.500. The predicted molar refractivity (Wildman–Crippen MR) is 70.2 cm³/mol. The van der Waals surface area contributed by atoms with Gasteiger partial charge in [0.2, 0.25) is 0 Å². The van der Waals surface area contributed by atoms with Crippen LogP contribution in [0.2, 0.25) is 0 Å². The molecule has 1 saturated heterocycles.